The summed E-state index contributed by atoms with van der Waals surface area (Å²) < 4.78 is 10.6. The zero-order valence-corrected chi connectivity index (χ0v) is 18.0. The van der Waals surface area contributed by atoms with Gasteiger partial charge < -0.3 is 14.6 Å². The number of carbonyl (C=O) groups excluding carboxylic acids is 1. The van der Waals surface area contributed by atoms with E-state index in [4.69, 9.17) is 26.1 Å². The normalized spacial score (nSPS) is 15.9. The highest BCUT2D eigenvalue weighted by Gasteiger charge is 2.37. The van der Waals surface area contributed by atoms with Crippen LogP contribution in [0.2, 0.25) is 5.02 Å². The molecular formula is C20H23ClN2O5S. The van der Waals surface area contributed by atoms with Gasteiger partial charge in [-0.15, -0.1) is 11.3 Å². The fraction of sp³-hybridized carbons (Fsp3) is 0.450. The van der Waals surface area contributed by atoms with E-state index in [9.17, 15) is 14.7 Å². The first-order chi connectivity index (χ1) is 13.8. The zero-order valence-electron chi connectivity index (χ0n) is 16.5. The van der Waals surface area contributed by atoms with Crippen LogP contribution in [-0.4, -0.2) is 46.8 Å². The summed E-state index contributed by atoms with van der Waals surface area (Å²) in [7, 11) is 0. The van der Waals surface area contributed by atoms with Gasteiger partial charge in [-0.1, -0.05) is 25.4 Å². The van der Waals surface area contributed by atoms with E-state index in [0.29, 0.717) is 29.3 Å². The Kier molecular flexibility index (Phi) is 6.64. The molecule has 1 aliphatic rings. The van der Waals surface area contributed by atoms with Crippen molar-refractivity contribution in [3.05, 3.63) is 44.4 Å². The maximum absolute atomic E-state index is 12.0. The molecule has 0 saturated heterocycles. The smallest absolute Gasteiger partial charge is 0.408 e. The summed E-state index contributed by atoms with van der Waals surface area (Å²) in [6.07, 6.45) is -0.475. The highest BCUT2D eigenvalue weighted by Crippen LogP contribution is 2.43. The maximum atomic E-state index is 12.0. The Morgan fingerprint density at radius 2 is 2.17 bits per heavy atom. The second kappa shape index (κ2) is 9.00. The molecule has 29 heavy (non-hydrogen) atoms. The number of thiazole rings is 1. The average Bonchev–Trinajstić information content (AvgIpc) is 3.11. The number of fused-ring (bicyclic) bond motifs is 1. The lowest BCUT2D eigenvalue weighted by molar-refractivity contribution is -0.145. The number of carboxylic acid groups (broad SMARTS) is 1. The molecule has 1 aromatic carbocycles. The van der Waals surface area contributed by atoms with Crippen LogP contribution in [0.25, 0.3) is 0 Å². The van der Waals surface area contributed by atoms with Crippen molar-refractivity contribution in [3.63, 3.8) is 0 Å². The summed E-state index contributed by atoms with van der Waals surface area (Å²) >= 11 is 7.74. The van der Waals surface area contributed by atoms with E-state index in [0.717, 1.165) is 15.6 Å². The molecule has 7 nitrogen and oxygen atoms in total. The standard InChI is InChI=1S/C20H23ClN2O5S/c1-4-27-16(24)10-28-15-6-5-12(21)9-13(15)17-18-14(7-8-23(17)20(25)26)22-19(29-18)11(2)3/h5-6,9,11,17H,4,7-8,10H2,1-3H3,(H,25,26). The molecule has 0 fully saturated rings. The first-order valence-corrected chi connectivity index (χ1v) is 10.6. The molecular weight excluding hydrogens is 416 g/mol. The molecule has 2 heterocycles. The first-order valence-electron chi connectivity index (χ1n) is 9.38. The topological polar surface area (TPSA) is 89.0 Å². The number of halogens is 1. The van der Waals surface area contributed by atoms with E-state index >= 15 is 0 Å². The molecule has 1 unspecified atom stereocenters. The van der Waals surface area contributed by atoms with Crippen LogP contribution in [0, 0.1) is 0 Å². The van der Waals surface area contributed by atoms with Gasteiger partial charge >= 0.3 is 12.1 Å². The minimum absolute atomic E-state index is 0.239. The summed E-state index contributed by atoms with van der Waals surface area (Å²) in [6, 6.07) is 4.38. The number of benzene rings is 1. The number of hydrogen-bond acceptors (Lipinski definition) is 6. The molecule has 0 bridgehead atoms. The van der Waals surface area contributed by atoms with Crippen molar-refractivity contribution in [2.75, 3.05) is 19.8 Å². The zero-order chi connectivity index (χ0) is 21.1. The van der Waals surface area contributed by atoms with Gasteiger partial charge in [-0.25, -0.2) is 14.6 Å². The molecule has 1 aromatic heterocycles. The lowest BCUT2D eigenvalue weighted by Crippen LogP contribution is -2.39. The Hall–Kier alpha value is -2.32. The third-order valence-corrected chi connectivity index (χ3v) is 6.24. The molecule has 9 heteroatoms. The van der Waals surface area contributed by atoms with Crippen LogP contribution in [0.4, 0.5) is 4.79 Å². The molecule has 3 rings (SSSR count). The van der Waals surface area contributed by atoms with E-state index in [1.54, 1.807) is 25.1 Å². The Morgan fingerprint density at radius 1 is 1.41 bits per heavy atom. The summed E-state index contributed by atoms with van der Waals surface area (Å²) in [5.41, 5.74) is 1.49. The second-order valence-corrected chi connectivity index (χ2v) is 8.42. The number of esters is 1. The Morgan fingerprint density at radius 3 is 2.83 bits per heavy atom. The van der Waals surface area contributed by atoms with Gasteiger partial charge in [-0.3, -0.25) is 4.90 Å². The second-order valence-electron chi connectivity index (χ2n) is 6.92. The van der Waals surface area contributed by atoms with Crippen LogP contribution >= 0.6 is 22.9 Å². The van der Waals surface area contributed by atoms with Gasteiger partial charge in [0.25, 0.3) is 0 Å². The fourth-order valence-corrected chi connectivity index (χ4v) is 4.67. The fourth-order valence-electron chi connectivity index (χ4n) is 3.24. The van der Waals surface area contributed by atoms with Crippen molar-refractivity contribution in [2.45, 2.75) is 39.2 Å². The lowest BCUT2D eigenvalue weighted by atomic mass is 9.97. The van der Waals surface area contributed by atoms with Crippen LogP contribution in [0.5, 0.6) is 5.75 Å². The number of nitrogens with zero attached hydrogens (tertiary/aromatic N) is 2. The third kappa shape index (κ3) is 4.64. The minimum atomic E-state index is -1.03. The summed E-state index contributed by atoms with van der Waals surface area (Å²) in [5.74, 6) is 0.141. The largest absolute Gasteiger partial charge is 0.482 e. The van der Waals surface area contributed by atoms with Crippen LogP contribution < -0.4 is 4.74 Å². The van der Waals surface area contributed by atoms with Crippen molar-refractivity contribution in [3.8, 4) is 5.75 Å². The Bertz CT molecular complexity index is 914. The van der Waals surface area contributed by atoms with E-state index in [1.165, 1.54) is 16.2 Å². The predicted molar refractivity (Wildman–Crippen MR) is 110 cm³/mol. The number of rotatable bonds is 6. The van der Waals surface area contributed by atoms with Crippen molar-refractivity contribution in [1.82, 2.24) is 9.88 Å². The number of hydrogen-bond donors (Lipinski definition) is 1. The highest BCUT2D eigenvalue weighted by atomic mass is 35.5. The van der Waals surface area contributed by atoms with Gasteiger partial charge in [0, 0.05) is 29.5 Å². The van der Waals surface area contributed by atoms with Gasteiger partial charge in [-0.2, -0.15) is 0 Å². The summed E-state index contributed by atoms with van der Waals surface area (Å²) in [4.78, 5) is 30.7. The van der Waals surface area contributed by atoms with E-state index in [2.05, 4.69) is 13.8 Å². The average molecular weight is 439 g/mol. The SMILES string of the molecule is CCOC(=O)COc1ccc(Cl)cc1C1c2sc(C(C)C)nc2CCN1C(=O)O. The van der Waals surface area contributed by atoms with Gasteiger partial charge in [-0.05, 0) is 25.1 Å². The third-order valence-electron chi connectivity index (χ3n) is 4.55. The Balaban J connectivity index is 2.05. The quantitative estimate of drug-likeness (QED) is 0.668. The van der Waals surface area contributed by atoms with Crippen molar-refractivity contribution >= 4 is 35.0 Å². The molecule has 0 aliphatic carbocycles. The van der Waals surface area contributed by atoms with Gasteiger partial charge in [0.1, 0.15) is 11.8 Å². The summed E-state index contributed by atoms with van der Waals surface area (Å²) in [5, 5.41) is 11.2. The summed E-state index contributed by atoms with van der Waals surface area (Å²) in [6.45, 7) is 6.14. The maximum Gasteiger partial charge on any atom is 0.408 e. The molecule has 1 atom stereocenters. The number of amides is 1. The predicted octanol–water partition coefficient (Wildman–Crippen LogP) is 4.49. The van der Waals surface area contributed by atoms with E-state index < -0.39 is 18.1 Å². The molecule has 1 amide bonds. The van der Waals surface area contributed by atoms with Crippen LogP contribution in [-0.2, 0) is 16.0 Å². The van der Waals surface area contributed by atoms with E-state index in [-0.39, 0.29) is 19.1 Å². The highest BCUT2D eigenvalue weighted by molar-refractivity contribution is 7.12. The first kappa shape index (κ1) is 21.4. The number of carbonyl (C=O) groups is 2. The molecule has 0 radical (unpaired) electrons. The number of aromatic nitrogens is 1. The molecule has 0 spiro atoms. The molecule has 1 N–H and O–H groups in total. The van der Waals surface area contributed by atoms with Crippen LogP contribution in [0.15, 0.2) is 18.2 Å². The van der Waals surface area contributed by atoms with Gasteiger partial charge in [0.05, 0.1) is 22.2 Å². The Labute approximate surface area is 178 Å². The monoisotopic (exact) mass is 438 g/mol. The van der Waals surface area contributed by atoms with Gasteiger partial charge in [0.2, 0.25) is 0 Å². The van der Waals surface area contributed by atoms with E-state index in [1.807, 2.05) is 0 Å². The lowest BCUT2D eigenvalue weighted by Gasteiger charge is -2.34. The molecule has 1 aliphatic heterocycles. The van der Waals surface area contributed by atoms with Crippen LogP contribution in [0.3, 0.4) is 0 Å². The van der Waals surface area contributed by atoms with Crippen molar-refractivity contribution in [2.24, 2.45) is 0 Å². The van der Waals surface area contributed by atoms with Crippen molar-refractivity contribution in [1.29, 1.82) is 0 Å². The molecule has 2 aromatic rings. The van der Waals surface area contributed by atoms with Gasteiger partial charge in [0.15, 0.2) is 6.61 Å². The number of ether oxygens (including phenoxy) is 2. The van der Waals surface area contributed by atoms with Crippen molar-refractivity contribution < 1.29 is 24.2 Å². The molecule has 0 saturated carbocycles. The van der Waals surface area contributed by atoms with Crippen LogP contribution in [0.1, 0.15) is 53.9 Å². The molecule has 156 valence electrons. The minimum Gasteiger partial charge on any atom is -0.482 e.